The monoisotopic (exact) mass is 754 g/mol. The van der Waals surface area contributed by atoms with Crippen molar-refractivity contribution in [1.82, 2.24) is 30.7 Å². The van der Waals surface area contributed by atoms with Crippen LogP contribution in [0.25, 0.3) is 0 Å². The number of rotatable bonds is 19. The molecular weight excluding hydrogens is 686 g/mol. The Morgan fingerprint density at radius 2 is 1.22 bits per heavy atom. The maximum absolute atomic E-state index is 14.2. The third-order valence-electron chi connectivity index (χ3n) is 10.8. The molecule has 1 unspecified atom stereocenters. The number of carbonyl (C=O) groups excluding carboxylic acids is 6. The third-order valence-corrected chi connectivity index (χ3v) is 10.8. The second-order valence-electron chi connectivity index (χ2n) is 15.6. The highest BCUT2D eigenvalue weighted by atomic mass is 16.2. The second kappa shape index (κ2) is 21.2. The van der Waals surface area contributed by atoms with Gasteiger partial charge in [0.15, 0.2) is 0 Å². The van der Waals surface area contributed by atoms with E-state index in [2.05, 4.69) is 16.0 Å². The Kier molecular flexibility index (Phi) is 17.4. The van der Waals surface area contributed by atoms with Crippen molar-refractivity contribution in [2.24, 2.45) is 5.73 Å². The molecule has 2 saturated heterocycles. The van der Waals surface area contributed by atoms with Gasteiger partial charge in [-0.25, -0.2) is 0 Å². The molecule has 2 fully saturated rings. The van der Waals surface area contributed by atoms with Crippen LogP contribution in [0.15, 0.2) is 30.3 Å². The van der Waals surface area contributed by atoms with Crippen LogP contribution in [0.5, 0.6) is 0 Å². The second-order valence-corrected chi connectivity index (χ2v) is 15.6. The van der Waals surface area contributed by atoms with Crippen molar-refractivity contribution in [3.63, 3.8) is 0 Å². The summed E-state index contributed by atoms with van der Waals surface area (Å²) in [5, 5.41) is 8.73. The van der Waals surface area contributed by atoms with E-state index in [-0.39, 0.29) is 35.7 Å². The van der Waals surface area contributed by atoms with E-state index in [0.717, 1.165) is 5.56 Å². The van der Waals surface area contributed by atoms with E-state index in [9.17, 15) is 28.8 Å². The average Bonchev–Trinajstić information content (AvgIpc) is 3.84. The molecule has 5 N–H and O–H groups in total. The van der Waals surface area contributed by atoms with E-state index in [1.807, 2.05) is 85.7 Å². The Bertz CT molecular complexity index is 1410. The molecular formula is C41H67N7O6. The molecule has 3 rings (SSSR count). The lowest BCUT2D eigenvalue weighted by Gasteiger charge is -2.35. The number of hydrogen-bond acceptors (Lipinski definition) is 7. The van der Waals surface area contributed by atoms with Crippen molar-refractivity contribution >= 4 is 35.4 Å². The van der Waals surface area contributed by atoms with E-state index in [4.69, 9.17) is 5.73 Å². The summed E-state index contributed by atoms with van der Waals surface area (Å²) in [5.74, 6) is -2.32. The SMILES string of the molecule is CCC[C@H](NC(=O)[C@H]1CCCN1C(=O)[C@H]1CCCN1C(=O)[C@H](CCC)NC(=O)[C@@H](N)C(C)c1ccccc1)C(=O)N[C@@H](CCC)C(=O)N(C(C)C)C(C)C. The van der Waals surface area contributed by atoms with E-state index >= 15 is 0 Å². The highest BCUT2D eigenvalue weighted by Crippen LogP contribution is 2.27. The van der Waals surface area contributed by atoms with E-state index in [0.29, 0.717) is 77.3 Å². The van der Waals surface area contributed by atoms with Gasteiger partial charge in [-0.15, -0.1) is 0 Å². The molecule has 1 aromatic carbocycles. The molecule has 13 heteroatoms. The van der Waals surface area contributed by atoms with Gasteiger partial charge in [0.25, 0.3) is 0 Å². The minimum absolute atomic E-state index is 0.0415. The van der Waals surface area contributed by atoms with Crippen molar-refractivity contribution in [2.75, 3.05) is 13.1 Å². The van der Waals surface area contributed by atoms with Crippen LogP contribution in [0.2, 0.25) is 0 Å². The first kappa shape index (κ1) is 44.4. The number of hydrogen-bond donors (Lipinski definition) is 4. The zero-order valence-corrected chi connectivity index (χ0v) is 33.9. The average molecular weight is 754 g/mol. The predicted octanol–water partition coefficient (Wildman–Crippen LogP) is 3.60. The Balaban J connectivity index is 1.71. The fourth-order valence-corrected chi connectivity index (χ4v) is 7.92. The Morgan fingerprint density at radius 3 is 1.80 bits per heavy atom. The predicted molar refractivity (Wildman–Crippen MR) is 210 cm³/mol. The molecule has 0 radical (unpaired) electrons. The van der Waals surface area contributed by atoms with Gasteiger partial charge >= 0.3 is 0 Å². The topological polar surface area (TPSA) is 174 Å². The van der Waals surface area contributed by atoms with Gasteiger partial charge in [0.2, 0.25) is 35.4 Å². The van der Waals surface area contributed by atoms with Gasteiger partial charge in [-0.1, -0.05) is 77.3 Å². The minimum Gasteiger partial charge on any atom is -0.343 e. The number of nitrogens with zero attached hydrogens (tertiary/aromatic N) is 3. The quantitative estimate of drug-likeness (QED) is 0.167. The molecule has 7 atom stereocenters. The fourth-order valence-electron chi connectivity index (χ4n) is 7.92. The Hall–Kier alpha value is -4.00. The van der Waals surface area contributed by atoms with Gasteiger partial charge in [0, 0.05) is 31.1 Å². The molecule has 0 saturated carbocycles. The van der Waals surface area contributed by atoms with Crippen molar-refractivity contribution in [3.05, 3.63) is 35.9 Å². The van der Waals surface area contributed by atoms with Crippen LogP contribution < -0.4 is 21.7 Å². The summed E-state index contributed by atoms with van der Waals surface area (Å²) in [6.07, 6.45) is 5.27. The highest BCUT2D eigenvalue weighted by molar-refractivity contribution is 5.97. The third kappa shape index (κ3) is 11.3. The summed E-state index contributed by atoms with van der Waals surface area (Å²) in [6.45, 7) is 16.2. The Labute approximate surface area is 322 Å². The molecule has 6 amide bonds. The van der Waals surface area contributed by atoms with Crippen LogP contribution in [0.1, 0.15) is 131 Å². The highest BCUT2D eigenvalue weighted by Gasteiger charge is 2.44. The van der Waals surface area contributed by atoms with Crippen LogP contribution in [-0.2, 0) is 28.8 Å². The molecule has 0 aliphatic carbocycles. The first-order chi connectivity index (χ1) is 25.7. The first-order valence-electron chi connectivity index (χ1n) is 20.3. The van der Waals surface area contributed by atoms with Crippen LogP contribution in [-0.4, -0.2) is 112 Å². The molecule has 0 aromatic heterocycles. The van der Waals surface area contributed by atoms with E-state index in [1.165, 1.54) is 0 Å². The van der Waals surface area contributed by atoms with Crippen LogP contribution >= 0.6 is 0 Å². The molecule has 2 aliphatic heterocycles. The van der Waals surface area contributed by atoms with Gasteiger partial charge in [0.05, 0.1) is 6.04 Å². The first-order valence-corrected chi connectivity index (χ1v) is 20.3. The maximum atomic E-state index is 14.2. The molecule has 1 aromatic rings. The molecule has 2 heterocycles. The van der Waals surface area contributed by atoms with Crippen LogP contribution in [0.3, 0.4) is 0 Å². The normalized spacial score (nSPS) is 19.9. The smallest absolute Gasteiger partial charge is 0.246 e. The van der Waals surface area contributed by atoms with Crippen molar-refractivity contribution in [3.8, 4) is 0 Å². The van der Waals surface area contributed by atoms with E-state index < -0.39 is 54.0 Å². The van der Waals surface area contributed by atoms with Crippen LogP contribution in [0.4, 0.5) is 0 Å². The fraction of sp³-hybridized carbons (Fsp3) is 0.707. The van der Waals surface area contributed by atoms with Gasteiger partial charge in [-0.3, -0.25) is 28.8 Å². The lowest BCUT2D eigenvalue weighted by molar-refractivity contribution is -0.148. The standard InChI is InChI=1S/C41H67N7O6/c1-9-17-30(36(49)44-32(19-11-3)40(53)48(26(4)5)27(6)7)43-37(50)33-22-15-24-46(33)41(54)34-23-16-25-47(34)39(52)31(18-10-2)45-38(51)35(42)28(8)29-20-13-12-14-21-29/h12-14,20-21,26-28,30-35H,9-11,15-19,22-25,42H2,1-8H3,(H,43,50)(H,44,49)(H,45,51)/t28?,30-,31-,32-,33+,34+,35-/m0/s1. The number of nitrogens with two attached hydrogens (primary N) is 1. The summed E-state index contributed by atoms with van der Waals surface area (Å²) in [6, 6.07) is 4.56. The number of nitrogens with one attached hydrogen (secondary N) is 3. The maximum Gasteiger partial charge on any atom is 0.246 e. The summed E-state index contributed by atoms with van der Waals surface area (Å²) in [4.78, 5) is 87.4. The summed E-state index contributed by atoms with van der Waals surface area (Å²) >= 11 is 0. The molecule has 302 valence electrons. The number of carbonyl (C=O) groups is 6. The van der Waals surface area contributed by atoms with Gasteiger partial charge < -0.3 is 36.4 Å². The molecule has 0 bridgehead atoms. The lowest BCUT2D eigenvalue weighted by Crippen LogP contribution is -2.59. The van der Waals surface area contributed by atoms with E-state index in [1.54, 1.807) is 14.7 Å². The molecule has 0 spiro atoms. The van der Waals surface area contributed by atoms with Gasteiger partial charge in [-0.05, 0) is 78.2 Å². The zero-order valence-electron chi connectivity index (χ0n) is 33.9. The van der Waals surface area contributed by atoms with Crippen LogP contribution in [0, 0.1) is 0 Å². The summed E-state index contributed by atoms with van der Waals surface area (Å²) < 4.78 is 0. The van der Waals surface area contributed by atoms with Gasteiger partial charge in [0.1, 0.15) is 30.2 Å². The Morgan fingerprint density at radius 1 is 0.704 bits per heavy atom. The summed E-state index contributed by atoms with van der Waals surface area (Å²) in [5.41, 5.74) is 7.29. The van der Waals surface area contributed by atoms with Gasteiger partial charge in [-0.2, -0.15) is 0 Å². The van der Waals surface area contributed by atoms with Crippen molar-refractivity contribution in [1.29, 1.82) is 0 Å². The summed E-state index contributed by atoms with van der Waals surface area (Å²) in [7, 11) is 0. The number of benzene rings is 1. The largest absolute Gasteiger partial charge is 0.343 e. The minimum atomic E-state index is -0.877. The molecule has 2 aliphatic rings. The number of amides is 6. The number of likely N-dealkylation sites (tertiary alicyclic amines) is 2. The lowest BCUT2D eigenvalue weighted by atomic mass is 9.93. The zero-order chi connectivity index (χ0) is 40.1. The van der Waals surface area contributed by atoms with Crippen molar-refractivity contribution in [2.45, 2.75) is 174 Å². The molecule has 54 heavy (non-hydrogen) atoms. The van der Waals surface area contributed by atoms with Crippen molar-refractivity contribution < 1.29 is 28.8 Å². The molecule has 13 nitrogen and oxygen atoms in total.